The Hall–Kier alpha value is -1.79. The van der Waals surface area contributed by atoms with Gasteiger partial charge in [0.25, 0.3) is 0 Å². The van der Waals surface area contributed by atoms with E-state index in [1.54, 1.807) is 24.1 Å². The van der Waals surface area contributed by atoms with E-state index in [2.05, 4.69) is 20.4 Å². The van der Waals surface area contributed by atoms with Crippen LogP contribution in [-0.2, 0) is 20.0 Å². The molecule has 0 aliphatic rings. The van der Waals surface area contributed by atoms with Crippen LogP contribution in [0.15, 0.2) is 29.5 Å². The van der Waals surface area contributed by atoms with E-state index in [0.29, 0.717) is 16.6 Å². The highest BCUT2D eigenvalue weighted by Crippen LogP contribution is 2.21. The van der Waals surface area contributed by atoms with Gasteiger partial charge in [0.15, 0.2) is 5.96 Å². The summed E-state index contributed by atoms with van der Waals surface area (Å²) in [5.41, 5.74) is 1.10. The molecule has 8 heteroatoms. The molecule has 0 aliphatic heterocycles. The Morgan fingerprint density at radius 2 is 2.17 bits per heavy atom. The van der Waals surface area contributed by atoms with E-state index >= 15 is 0 Å². The summed E-state index contributed by atoms with van der Waals surface area (Å²) in [5.74, 6) is 1.70. The van der Waals surface area contributed by atoms with Gasteiger partial charge in [-0.3, -0.25) is 9.67 Å². The molecule has 0 unspecified atom stereocenters. The third-order valence-electron chi connectivity index (χ3n) is 3.68. The largest absolute Gasteiger partial charge is 0.356 e. The molecule has 0 bridgehead atoms. The number of benzene rings is 1. The molecule has 2 aromatic rings. The number of guanidine groups is 1. The summed E-state index contributed by atoms with van der Waals surface area (Å²) in [7, 11) is 5.62. The van der Waals surface area contributed by atoms with Gasteiger partial charge >= 0.3 is 0 Å². The maximum Gasteiger partial charge on any atom is 0.193 e. The number of aromatic nitrogens is 3. The first-order valence-electron chi connectivity index (χ1n) is 7.70. The van der Waals surface area contributed by atoms with Crippen LogP contribution in [0.1, 0.15) is 17.8 Å². The number of nitrogens with zero attached hydrogens (tertiary/aromatic N) is 5. The van der Waals surface area contributed by atoms with Crippen LogP contribution in [0.3, 0.4) is 0 Å². The number of halogens is 2. The molecule has 0 fully saturated rings. The Labute approximate surface area is 152 Å². The van der Waals surface area contributed by atoms with Crippen molar-refractivity contribution in [1.29, 1.82) is 0 Å². The highest BCUT2D eigenvalue weighted by Gasteiger charge is 2.09. The fraction of sp³-hybridized carbons (Fsp3) is 0.438. The molecule has 6 nitrogen and oxygen atoms in total. The third kappa shape index (κ3) is 5.11. The smallest absolute Gasteiger partial charge is 0.193 e. The zero-order valence-corrected chi connectivity index (χ0v) is 15.6. The summed E-state index contributed by atoms with van der Waals surface area (Å²) in [6.07, 6.45) is 3.38. The molecule has 0 atom stereocenters. The molecule has 0 radical (unpaired) electrons. The van der Waals surface area contributed by atoms with Gasteiger partial charge in [-0.15, -0.1) is 0 Å². The van der Waals surface area contributed by atoms with E-state index in [-0.39, 0.29) is 0 Å². The number of hydrogen-bond donors (Lipinski definition) is 1. The number of nitrogens with one attached hydrogen (secondary N) is 1. The lowest BCUT2D eigenvalue weighted by molar-refractivity contribution is 0.448. The molecule has 2 rings (SSSR count). The van der Waals surface area contributed by atoms with Gasteiger partial charge in [-0.1, -0.05) is 29.3 Å². The van der Waals surface area contributed by atoms with Gasteiger partial charge < -0.3 is 10.2 Å². The van der Waals surface area contributed by atoms with Crippen LogP contribution in [0, 0.1) is 0 Å². The molecule has 0 amide bonds. The second-order valence-corrected chi connectivity index (χ2v) is 6.31. The average Bonchev–Trinajstić information content (AvgIpc) is 2.94. The van der Waals surface area contributed by atoms with E-state index in [4.69, 9.17) is 23.2 Å². The number of aliphatic imine (C=N–C) groups is 1. The van der Waals surface area contributed by atoms with Crippen LogP contribution in [-0.4, -0.2) is 46.3 Å². The zero-order chi connectivity index (χ0) is 17.5. The maximum absolute atomic E-state index is 6.19. The molecule has 0 saturated heterocycles. The van der Waals surface area contributed by atoms with E-state index in [0.717, 1.165) is 36.7 Å². The Balaban J connectivity index is 1.80. The summed E-state index contributed by atoms with van der Waals surface area (Å²) in [6.45, 7) is 1.44. The maximum atomic E-state index is 6.19. The van der Waals surface area contributed by atoms with Crippen molar-refractivity contribution >= 4 is 29.2 Å². The van der Waals surface area contributed by atoms with Gasteiger partial charge in [0, 0.05) is 37.7 Å². The predicted octanol–water partition coefficient (Wildman–Crippen LogP) is 2.76. The van der Waals surface area contributed by atoms with Crippen molar-refractivity contribution in [1.82, 2.24) is 25.0 Å². The van der Waals surface area contributed by atoms with Crippen LogP contribution in [0.25, 0.3) is 0 Å². The zero-order valence-electron chi connectivity index (χ0n) is 14.1. The number of hydrogen-bond acceptors (Lipinski definition) is 3. The second kappa shape index (κ2) is 8.89. The topological polar surface area (TPSA) is 58.3 Å². The molecule has 1 N–H and O–H groups in total. The average molecular weight is 369 g/mol. The quantitative estimate of drug-likeness (QED) is 0.483. The fourth-order valence-corrected chi connectivity index (χ4v) is 2.84. The van der Waals surface area contributed by atoms with Gasteiger partial charge in [-0.05, 0) is 30.5 Å². The van der Waals surface area contributed by atoms with Gasteiger partial charge in [-0.2, -0.15) is 5.10 Å². The molecular weight excluding hydrogens is 347 g/mol. The minimum Gasteiger partial charge on any atom is -0.356 e. The van der Waals surface area contributed by atoms with E-state index in [1.807, 2.05) is 31.1 Å². The monoisotopic (exact) mass is 368 g/mol. The first kappa shape index (κ1) is 18.5. The second-order valence-electron chi connectivity index (χ2n) is 5.47. The Bertz CT molecular complexity index is 698. The lowest BCUT2D eigenvalue weighted by Crippen LogP contribution is -2.39. The number of aryl methyl sites for hydroxylation is 2. The molecule has 0 spiro atoms. The molecule has 0 aliphatic carbocycles. The van der Waals surface area contributed by atoms with Crippen LogP contribution in [0.5, 0.6) is 0 Å². The van der Waals surface area contributed by atoms with Gasteiger partial charge in [-0.25, -0.2) is 4.98 Å². The van der Waals surface area contributed by atoms with Crippen molar-refractivity contribution in [3.05, 3.63) is 46.0 Å². The van der Waals surface area contributed by atoms with Gasteiger partial charge in [0.05, 0.1) is 6.54 Å². The number of rotatable bonds is 6. The highest BCUT2D eigenvalue weighted by molar-refractivity contribution is 6.35. The van der Waals surface area contributed by atoms with Gasteiger partial charge in [0.2, 0.25) is 0 Å². The molecule has 0 saturated carbocycles. The van der Waals surface area contributed by atoms with Crippen molar-refractivity contribution in [2.75, 3.05) is 20.6 Å². The molecule has 1 aromatic heterocycles. The summed E-state index contributed by atoms with van der Waals surface area (Å²) in [4.78, 5) is 10.5. The Kier molecular flexibility index (Phi) is 6.87. The third-order valence-corrected chi connectivity index (χ3v) is 4.27. The van der Waals surface area contributed by atoms with Crippen molar-refractivity contribution in [2.24, 2.45) is 12.0 Å². The van der Waals surface area contributed by atoms with E-state index in [9.17, 15) is 0 Å². The molecular formula is C16H22Cl2N6. The van der Waals surface area contributed by atoms with Crippen LogP contribution in [0.2, 0.25) is 10.0 Å². The van der Waals surface area contributed by atoms with Crippen molar-refractivity contribution in [3.8, 4) is 0 Å². The van der Waals surface area contributed by atoms with Crippen LogP contribution >= 0.6 is 23.2 Å². The lowest BCUT2D eigenvalue weighted by Gasteiger charge is -2.21. The van der Waals surface area contributed by atoms with Gasteiger partial charge in [0.1, 0.15) is 12.2 Å². The Morgan fingerprint density at radius 3 is 2.79 bits per heavy atom. The normalized spacial score (nSPS) is 11.6. The van der Waals surface area contributed by atoms with Crippen molar-refractivity contribution in [2.45, 2.75) is 19.4 Å². The standard InChI is InChI=1S/C16H22Cl2N6/c1-19-16(23(2)10-15-21-11-22-24(15)3)20-8-4-5-12-6-7-13(17)9-14(12)18/h6-7,9,11H,4-5,8,10H2,1-3H3,(H,19,20). The van der Waals surface area contributed by atoms with E-state index in [1.165, 1.54) is 0 Å². The summed E-state index contributed by atoms with van der Waals surface area (Å²) >= 11 is 12.1. The molecule has 1 heterocycles. The Morgan fingerprint density at radius 1 is 1.38 bits per heavy atom. The minimum absolute atomic E-state index is 0.638. The molecule has 1 aromatic carbocycles. The van der Waals surface area contributed by atoms with Crippen LogP contribution < -0.4 is 5.32 Å². The molecule has 24 heavy (non-hydrogen) atoms. The van der Waals surface area contributed by atoms with Crippen molar-refractivity contribution < 1.29 is 0 Å². The highest BCUT2D eigenvalue weighted by atomic mass is 35.5. The predicted molar refractivity (Wildman–Crippen MR) is 98.6 cm³/mol. The first-order chi connectivity index (χ1) is 11.5. The first-order valence-corrected chi connectivity index (χ1v) is 8.45. The molecule has 130 valence electrons. The van der Waals surface area contributed by atoms with Crippen molar-refractivity contribution in [3.63, 3.8) is 0 Å². The summed E-state index contributed by atoms with van der Waals surface area (Å²) in [5, 5.41) is 8.80. The summed E-state index contributed by atoms with van der Waals surface area (Å²) in [6, 6.07) is 5.61. The fourth-order valence-electron chi connectivity index (χ4n) is 2.34. The minimum atomic E-state index is 0.638. The van der Waals surface area contributed by atoms with E-state index < -0.39 is 0 Å². The SMILES string of the molecule is CN=C(NCCCc1ccc(Cl)cc1Cl)N(C)Cc1ncnn1C. The lowest BCUT2D eigenvalue weighted by atomic mass is 10.1. The van der Waals surface area contributed by atoms with Crippen LogP contribution in [0.4, 0.5) is 0 Å². The summed E-state index contributed by atoms with van der Waals surface area (Å²) < 4.78 is 1.76.